The smallest absolute Gasteiger partial charge is 0.354 e. The topological polar surface area (TPSA) is 56.7 Å². The predicted octanol–water partition coefficient (Wildman–Crippen LogP) is 0.778. The third-order valence-electron chi connectivity index (χ3n) is 2.29. The second-order valence-electron chi connectivity index (χ2n) is 3.93. The molecule has 0 bridgehead atoms. The van der Waals surface area contributed by atoms with Crippen molar-refractivity contribution in [1.82, 2.24) is 9.88 Å². The fourth-order valence-electron chi connectivity index (χ4n) is 1.22. The Morgan fingerprint density at radius 1 is 1.31 bits per heavy atom. The summed E-state index contributed by atoms with van der Waals surface area (Å²) in [6.07, 6.45) is 1.58. The number of hydrogen-bond acceptors (Lipinski definition) is 4. The summed E-state index contributed by atoms with van der Waals surface area (Å²) in [5.41, 5.74) is 0.997. The Morgan fingerprint density at radius 3 is 2.44 bits per heavy atom. The van der Waals surface area contributed by atoms with Crippen molar-refractivity contribution >= 4 is 11.7 Å². The molecule has 1 aromatic heterocycles. The second kappa shape index (κ2) is 5.46. The summed E-state index contributed by atoms with van der Waals surface area (Å²) in [5, 5.41) is 8.71. The first-order valence-electron chi connectivity index (χ1n) is 5.06. The van der Waals surface area contributed by atoms with Crippen LogP contribution in [-0.4, -0.2) is 55.2 Å². The highest BCUT2D eigenvalue weighted by Crippen LogP contribution is 2.10. The Morgan fingerprint density at radius 2 is 2.00 bits per heavy atom. The molecule has 0 aliphatic carbocycles. The maximum absolute atomic E-state index is 10.6. The van der Waals surface area contributed by atoms with E-state index in [0.29, 0.717) is 0 Å². The Kier molecular flexibility index (Phi) is 4.25. The minimum atomic E-state index is -0.998. The van der Waals surface area contributed by atoms with E-state index in [1.54, 1.807) is 12.3 Å². The van der Waals surface area contributed by atoms with E-state index in [4.69, 9.17) is 5.11 Å². The number of aromatic carboxylic acids is 1. The van der Waals surface area contributed by atoms with Crippen LogP contribution in [0.3, 0.4) is 0 Å². The minimum absolute atomic E-state index is 0.0739. The summed E-state index contributed by atoms with van der Waals surface area (Å²) in [6, 6.07) is 3.29. The van der Waals surface area contributed by atoms with Crippen molar-refractivity contribution in [3.8, 4) is 0 Å². The van der Waals surface area contributed by atoms with Crippen LogP contribution in [0.4, 0.5) is 5.69 Å². The van der Waals surface area contributed by atoms with Crippen LogP contribution in [0.2, 0.25) is 0 Å². The van der Waals surface area contributed by atoms with Crippen LogP contribution < -0.4 is 4.90 Å². The molecule has 16 heavy (non-hydrogen) atoms. The molecule has 0 saturated carbocycles. The first kappa shape index (κ1) is 12.4. The van der Waals surface area contributed by atoms with E-state index in [9.17, 15) is 4.79 Å². The first-order chi connectivity index (χ1) is 7.50. The van der Waals surface area contributed by atoms with Crippen molar-refractivity contribution in [3.05, 3.63) is 24.0 Å². The van der Waals surface area contributed by atoms with E-state index in [1.807, 2.05) is 26.0 Å². The van der Waals surface area contributed by atoms with Gasteiger partial charge in [0.05, 0.1) is 11.9 Å². The lowest BCUT2D eigenvalue weighted by molar-refractivity contribution is 0.0690. The zero-order valence-electron chi connectivity index (χ0n) is 9.84. The number of carbonyl (C=O) groups is 1. The Balaban J connectivity index is 2.63. The molecule has 0 aliphatic rings. The number of likely N-dealkylation sites (N-methyl/N-ethyl adjacent to an activating group) is 2. The number of rotatable bonds is 5. The summed E-state index contributed by atoms with van der Waals surface area (Å²) in [4.78, 5) is 18.6. The fraction of sp³-hybridized carbons (Fsp3) is 0.455. The van der Waals surface area contributed by atoms with Crippen molar-refractivity contribution in [1.29, 1.82) is 0 Å². The Labute approximate surface area is 95.3 Å². The number of carboxylic acid groups (broad SMARTS) is 1. The number of hydrogen-bond donors (Lipinski definition) is 1. The molecule has 1 N–H and O–H groups in total. The first-order valence-corrected chi connectivity index (χ1v) is 5.06. The molecule has 1 aromatic rings. The van der Waals surface area contributed by atoms with Gasteiger partial charge in [-0.25, -0.2) is 9.78 Å². The highest BCUT2D eigenvalue weighted by Gasteiger charge is 2.06. The maximum Gasteiger partial charge on any atom is 0.354 e. The largest absolute Gasteiger partial charge is 0.477 e. The van der Waals surface area contributed by atoms with Gasteiger partial charge in [0.2, 0.25) is 0 Å². The van der Waals surface area contributed by atoms with E-state index < -0.39 is 5.97 Å². The summed E-state index contributed by atoms with van der Waals surface area (Å²) < 4.78 is 0. The third kappa shape index (κ3) is 3.51. The van der Waals surface area contributed by atoms with E-state index in [1.165, 1.54) is 6.07 Å². The second-order valence-corrected chi connectivity index (χ2v) is 3.93. The van der Waals surface area contributed by atoms with Gasteiger partial charge in [0.25, 0.3) is 0 Å². The van der Waals surface area contributed by atoms with Gasteiger partial charge in [-0.15, -0.1) is 0 Å². The van der Waals surface area contributed by atoms with Crippen LogP contribution >= 0.6 is 0 Å². The van der Waals surface area contributed by atoms with Crippen LogP contribution in [-0.2, 0) is 0 Å². The van der Waals surface area contributed by atoms with Crippen LogP contribution in [0.1, 0.15) is 10.5 Å². The molecule has 0 atom stereocenters. The van der Waals surface area contributed by atoms with Gasteiger partial charge in [0.15, 0.2) is 0 Å². The molecule has 1 heterocycles. The van der Waals surface area contributed by atoms with E-state index >= 15 is 0 Å². The molecule has 0 aromatic carbocycles. The predicted molar refractivity (Wildman–Crippen MR) is 63.0 cm³/mol. The van der Waals surface area contributed by atoms with Crippen LogP contribution in [0, 0.1) is 0 Å². The molecular weight excluding hydrogens is 206 g/mol. The normalized spacial score (nSPS) is 10.5. The average molecular weight is 223 g/mol. The summed E-state index contributed by atoms with van der Waals surface area (Å²) in [5.74, 6) is -0.998. The van der Waals surface area contributed by atoms with Crippen molar-refractivity contribution in [3.63, 3.8) is 0 Å². The van der Waals surface area contributed by atoms with Crippen molar-refractivity contribution in [2.24, 2.45) is 0 Å². The van der Waals surface area contributed by atoms with Crippen molar-refractivity contribution in [2.75, 3.05) is 39.1 Å². The molecule has 0 spiro atoms. The number of anilines is 1. The number of pyridine rings is 1. The lowest BCUT2D eigenvalue weighted by atomic mass is 10.3. The van der Waals surface area contributed by atoms with Gasteiger partial charge in [0.1, 0.15) is 5.69 Å². The van der Waals surface area contributed by atoms with Crippen molar-refractivity contribution < 1.29 is 9.90 Å². The quantitative estimate of drug-likeness (QED) is 0.799. The lowest BCUT2D eigenvalue weighted by Crippen LogP contribution is -2.28. The summed E-state index contributed by atoms with van der Waals surface area (Å²) in [7, 11) is 5.99. The van der Waals surface area contributed by atoms with Crippen LogP contribution in [0.5, 0.6) is 0 Å². The molecule has 0 radical (unpaired) electrons. The zero-order valence-corrected chi connectivity index (χ0v) is 9.84. The maximum atomic E-state index is 10.6. The van der Waals surface area contributed by atoms with E-state index in [0.717, 1.165) is 18.8 Å². The van der Waals surface area contributed by atoms with Crippen LogP contribution in [0.25, 0.3) is 0 Å². The molecular formula is C11H17N3O2. The van der Waals surface area contributed by atoms with Gasteiger partial charge in [-0.2, -0.15) is 0 Å². The number of aromatic nitrogens is 1. The van der Waals surface area contributed by atoms with Crippen LogP contribution in [0.15, 0.2) is 18.3 Å². The lowest BCUT2D eigenvalue weighted by Gasteiger charge is -2.21. The van der Waals surface area contributed by atoms with E-state index in [2.05, 4.69) is 9.88 Å². The molecule has 88 valence electrons. The van der Waals surface area contributed by atoms with Gasteiger partial charge < -0.3 is 14.9 Å². The minimum Gasteiger partial charge on any atom is -0.477 e. The highest BCUT2D eigenvalue weighted by atomic mass is 16.4. The molecule has 1 rings (SSSR count). The van der Waals surface area contributed by atoms with Gasteiger partial charge in [-0.05, 0) is 26.2 Å². The highest BCUT2D eigenvalue weighted by molar-refractivity contribution is 5.85. The Hall–Kier alpha value is -1.62. The molecule has 0 fully saturated rings. The SMILES string of the molecule is CN(C)CCN(C)c1ccc(C(=O)O)nc1. The third-order valence-corrected chi connectivity index (χ3v) is 2.29. The van der Waals surface area contributed by atoms with Gasteiger partial charge in [-0.3, -0.25) is 0 Å². The van der Waals surface area contributed by atoms with Gasteiger partial charge in [-0.1, -0.05) is 0 Å². The molecule has 0 amide bonds. The monoisotopic (exact) mass is 223 g/mol. The summed E-state index contributed by atoms with van der Waals surface area (Å²) >= 11 is 0. The molecule has 5 heteroatoms. The van der Waals surface area contributed by atoms with Gasteiger partial charge >= 0.3 is 5.97 Å². The zero-order chi connectivity index (χ0) is 12.1. The molecule has 5 nitrogen and oxygen atoms in total. The van der Waals surface area contributed by atoms with Gasteiger partial charge in [0, 0.05) is 20.1 Å². The molecule has 0 aliphatic heterocycles. The Bertz CT molecular complexity index is 349. The fourth-order valence-corrected chi connectivity index (χ4v) is 1.22. The number of nitrogens with zero attached hydrogens (tertiary/aromatic N) is 3. The van der Waals surface area contributed by atoms with Crippen molar-refractivity contribution in [2.45, 2.75) is 0 Å². The van der Waals surface area contributed by atoms with E-state index in [-0.39, 0.29) is 5.69 Å². The summed E-state index contributed by atoms with van der Waals surface area (Å²) in [6.45, 7) is 1.82. The molecule has 0 saturated heterocycles. The molecule has 0 unspecified atom stereocenters. The average Bonchev–Trinajstić information content (AvgIpc) is 2.26. The standard InChI is InChI=1S/C11H17N3O2/c1-13(2)6-7-14(3)9-4-5-10(11(15)16)12-8-9/h4-5,8H,6-7H2,1-3H3,(H,15,16). The number of carboxylic acids is 1.